The van der Waals surface area contributed by atoms with Gasteiger partial charge in [0, 0.05) is 6.54 Å². The number of nitrogens with zero attached hydrogens (tertiary/aromatic N) is 1. The molecule has 3 heteroatoms. The zero-order chi connectivity index (χ0) is 16.3. The van der Waals surface area contributed by atoms with E-state index in [0.717, 1.165) is 30.8 Å². The van der Waals surface area contributed by atoms with Gasteiger partial charge in [-0.15, -0.1) is 0 Å². The number of hydrogen-bond acceptors (Lipinski definition) is 2. The molecule has 0 radical (unpaired) electrons. The van der Waals surface area contributed by atoms with Gasteiger partial charge in [0.05, 0.1) is 5.41 Å². The summed E-state index contributed by atoms with van der Waals surface area (Å²) in [6, 6.07) is 18.3. The lowest BCUT2D eigenvalue weighted by atomic mass is 9.72. The normalized spacial score (nSPS) is 17.8. The van der Waals surface area contributed by atoms with E-state index in [2.05, 4.69) is 17.0 Å². The molecule has 3 rings (SSSR count). The van der Waals surface area contributed by atoms with Crippen molar-refractivity contribution in [2.75, 3.05) is 13.1 Å². The quantitative estimate of drug-likeness (QED) is 0.938. The SMILES string of the molecule is Cc1cccc(C2(C(=O)O)CCN(Cc3ccccc3)CC2)c1. The minimum atomic E-state index is -0.737. The van der Waals surface area contributed by atoms with Crippen LogP contribution in [0.4, 0.5) is 0 Å². The lowest BCUT2D eigenvalue weighted by Crippen LogP contribution is -2.47. The summed E-state index contributed by atoms with van der Waals surface area (Å²) in [5.74, 6) is -0.692. The molecule has 23 heavy (non-hydrogen) atoms. The molecule has 0 spiro atoms. The Labute approximate surface area is 137 Å². The second-order valence-corrected chi connectivity index (χ2v) is 6.52. The summed E-state index contributed by atoms with van der Waals surface area (Å²) in [5.41, 5.74) is 2.62. The first-order chi connectivity index (χ1) is 11.1. The standard InChI is InChI=1S/C20H23NO2/c1-16-6-5-9-18(14-16)20(19(22)23)10-12-21(13-11-20)15-17-7-3-2-4-8-17/h2-9,14H,10-13,15H2,1H3,(H,22,23). The molecule has 2 aromatic carbocycles. The molecule has 2 aromatic rings. The van der Waals surface area contributed by atoms with E-state index >= 15 is 0 Å². The number of carbonyl (C=O) groups is 1. The van der Waals surface area contributed by atoms with Gasteiger partial charge in [-0.1, -0.05) is 60.2 Å². The second kappa shape index (κ2) is 6.55. The molecule has 1 heterocycles. The average molecular weight is 309 g/mol. The fourth-order valence-electron chi connectivity index (χ4n) is 3.50. The Morgan fingerprint density at radius 1 is 1.09 bits per heavy atom. The van der Waals surface area contributed by atoms with E-state index in [-0.39, 0.29) is 0 Å². The molecular weight excluding hydrogens is 286 g/mol. The molecule has 0 saturated carbocycles. The van der Waals surface area contributed by atoms with Crippen LogP contribution in [0.2, 0.25) is 0 Å². The average Bonchev–Trinajstić information content (AvgIpc) is 2.56. The van der Waals surface area contributed by atoms with Crippen LogP contribution in [0.15, 0.2) is 54.6 Å². The van der Waals surface area contributed by atoms with Crippen LogP contribution in [0.1, 0.15) is 29.5 Å². The molecule has 3 nitrogen and oxygen atoms in total. The van der Waals surface area contributed by atoms with Crippen molar-refractivity contribution >= 4 is 5.97 Å². The first kappa shape index (κ1) is 15.8. The van der Waals surface area contributed by atoms with Gasteiger partial charge in [-0.3, -0.25) is 9.69 Å². The van der Waals surface area contributed by atoms with Gasteiger partial charge in [-0.25, -0.2) is 0 Å². The Hall–Kier alpha value is -2.13. The van der Waals surface area contributed by atoms with Crippen molar-refractivity contribution in [2.45, 2.75) is 31.7 Å². The summed E-state index contributed by atoms with van der Waals surface area (Å²) in [6.07, 6.45) is 1.33. The number of rotatable bonds is 4. The van der Waals surface area contributed by atoms with Crippen molar-refractivity contribution in [1.29, 1.82) is 0 Å². The van der Waals surface area contributed by atoms with Gasteiger partial charge < -0.3 is 5.11 Å². The molecule has 1 aliphatic heterocycles. The molecule has 1 aliphatic rings. The minimum absolute atomic E-state index is 0.665. The molecule has 0 aliphatic carbocycles. The maximum absolute atomic E-state index is 12.0. The van der Waals surface area contributed by atoms with Crippen LogP contribution in [0.3, 0.4) is 0 Å². The summed E-state index contributed by atoms with van der Waals surface area (Å²) in [4.78, 5) is 14.4. The molecule has 1 N–H and O–H groups in total. The Kier molecular flexibility index (Phi) is 4.49. The molecule has 1 fully saturated rings. The van der Waals surface area contributed by atoms with Crippen molar-refractivity contribution in [3.8, 4) is 0 Å². The largest absolute Gasteiger partial charge is 0.481 e. The maximum atomic E-state index is 12.0. The lowest BCUT2D eigenvalue weighted by molar-refractivity contribution is -0.146. The van der Waals surface area contributed by atoms with E-state index in [9.17, 15) is 9.90 Å². The molecule has 0 aromatic heterocycles. The molecule has 120 valence electrons. The number of benzene rings is 2. The third kappa shape index (κ3) is 3.30. The first-order valence-electron chi connectivity index (χ1n) is 8.17. The summed E-state index contributed by atoms with van der Waals surface area (Å²) in [6.45, 7) is 4.54. The first-order valence-corrected chi connectivity index (χ1v) is 8.17. The predicted octanol–water partition coefficient (Wildman–Crippen LogP) is 3.61. The van der Waals surface area contributed by atoms with E-state index in [1.165, 1.54) is 5.56 Å². The van der Waals surface area contributed by atoms with E-state index in [4.69, 9.17) is 0 Å². The van der Waals surface area contributed by atoms with Crippen LogP contribution in [0.25, 0.3) is 0 Å². The van der Waals surface area contributed by atoms with Crippen LogP contribution in [0, 0.1) is 6.92 Å². The summed E-state index contributed by atoms with van der Waals surface area (Å²) >= 11 is 0. The van der Waals surface area contributed by atoms with Gasteiger partial charge >= 0.3 is 5.97 Å². The Balaban J connectivity index is 1.75. The molecule has 0 atom stereocenters. The van der Waals surface area contributed by atoms with Crippen LogP contribution in [-0.2, 0) is 16.8 Å². The monoisotopic (exact) mass is 309 g/mol. The number of likely N-dealkylation sites (tertiary alicyclic amines) is 1. The van der Waals surface area contributed by atoms with Crippen LogP contribution >= 0.6 is 0 Å². The van der Waals surface area contributed by atoms with E-state index < -0.39 is 11.4 Å². The topological polar surface area (TPSA) is 40.5 Å². The van der Waals surface area contributed by atoms with Crippen molar-refractivity contribution in [2.24, 2.45) is 0 Å². The van der Waals surface area contributed by atoms with Gasteiger partial charge in [-0.2, -0.15) is 0 Å². The number of carboxylic acids is 1. The summed E-state index contributed by atoms with van der Waals surface area (Å²) in [5, 5.41) is 9.89. The smallest absolute Gasteiger partial charge is 0.314 e. The molecular formula is C20H23NO2. The number of aliphatic carboxylic acids is 1. The molecule has 0 bridgehead atoms. The third-order valence-electron chi connectivity index (χ3n) is 4.94. The number of piperidine rings is 1. The van der Waals surface area contributed by atoms with E-state index in [0.29, 0.717) is 12.8 Å². The summed E-state index contributed by atoms with van der Waals surface area (Å²) < 4.78 is 0. The molecule has 1 saturated heterocycles. The van der Waals surface area contributed by atoms with Crippen molar-refractivity contribution in [1.82, 2.24) is 4.90 Å². The lowest BCUT2D eigenvalue weighted by Gasteiger charge is -2.39. The number of aryl methyl sites for hydroxylation is 1. The van der Waals surface area contributed by atoms with Gasteiger partial charge in [0.2, 0.25) is 0 Å². The van der Waals surface area contributed by atoms with E-state index in [1.807, 2.05) is 49.4 Å². The van der Waals surface area contributed by atoms with Crippen molar-refractivity contribution < 1.29 is 9.90 Å². The highest BCUT2D eigenvalue weighted by atomic mass is 16.4. The van der Waals surface area contributed by atoms with Crippen molar-refractivity contribution in [3.05, 3.63) is 71.3 Å². The Morgan fingerprint density at radius 3 is 2.39 bits per heavy atom. The zero-order valence-electron chi connectivity index (χ0n) is 13.5. The minimum Gasteiger partial charge on any atom is -0.481 e. The predicted molar refractivity (Wildman–Crippen MR) is 91.4 cm³/mol. The van der Waals surface area contributed by atoms with Gasteiger partial charge in [-0.05, 0) is 44.0 Å². The summed E-state index contributed by atoms with van der Waals surface area (Å²) in [7, 11) is 0. The van der Waals surface area contributed by atoms with Crippen LogP contribution < -0.4 is 0 Å². The molecule has 0 amide bonds. The highest BCUT2D eigenvalue weighted by molar-refractivity contribution is 5.81. The highest BCUT2D eigenvalue weighted by Gasteiger charge is 2.43. The van der Waals surface area contributed by atoms with Crippen LogP contribution in [0.5, 0.6) is 0 Å². The maximum Gasteiger partial charge on any atom is 0.314 e. The molecule has 0 unspecified atom stereocenters. The Bertz CT molecular complexity index is 673. The third-order valence-corrected chi connectivity index (χ3v) is 4.94. The highest BCUT2D eigenvalue weighted by Crippen LogP contribution is 2.36. The number of carboxylic acid groups (broad SMARTS) is 1. The fourth-order valence-corrected chi connectivity index (χ4v) is 3.50. The van der Waals surface area contributed by atoms with E-state index in [1.54, 1.807) is 0 Å². The second-order valence-electron chi connectivity index (χ2n) is 6.52. The number of hydrogen-bond donors (Lipinski definition) is 1. The van der Waals surface area contributed by atoms with Crippen molar-refractivity contribution in [3.63, 3.8) is 0 Å². The van der Waals surface area contributed by atoms with Gasteiger partial charge in [0.15, 0.2) is 0 Å². The van der Waals surface area contributed by atoms with Crippen LogP contribution in [-0.4, -0.2) is 29.1 Å². The Morgan fingerprint density at radius 2 is 1.78 bits per heavy atom. The fraction of sp³-hybridized carbons (Fsp3) is 0.350. The van der Waals surface area contributed by atoms with Gasteiger partial charge in [0.25, 0.3) is 0 Å². The van der Waals surface area contributed by atoms with Gasteiger partial charge in [0.1, 0.15) is 0 Å². The zero-order valence-corrected chi connectivity index (χ0v) is 13.5.